The topological polar surface area (TPSA) is 92.5 Å². The number of carbonyl (C=O) groups is 1. The number of sulfonamides is 1. The highest BCUT2D eigenvalue weighted by Gasteiger charge is 2.35. The summed E-state index contributed by atoms with van der Waals surface area (Å²) in [4.78, 5) is 10.6. The van der Waals surface area contributed by atoms with Crippen molar-refractivity contribution in [3.8, 4) is 0 Å². The van der Waals surface area contributed by atoms with Gasteiger partial charge in [0.2, 0.25) is 10.0 Å². The van der Waals surface area contributed by atoms with Gasteiger partial charge in [-0.15, -0.1) is 0 Å². The number of benzene rings is 1. The lowest BCUT2D eigenvalue weighted by Crippen LogP contribution is -2.34. The Balaban J connectivity index is 1.97. The van der Waals surface area contributed by atoms with Crippen LogP contribution in [0.4, 0.5) is 4.39 Å². The van der Waals surface area contributed by atoms with Gasteiger partial charge in [0, 0.05) is 22.8 Å². The molecule has 0 aliphatic heterocycles. The molecule has 1 aliphatic rings. The van der Waals surface area contributed by atoms with Crippen LogP contribution in [-0.2, 0) is 27.8 Å². The fraction of sp³-hybridized carbons (Fsp3) is 0.375. The van der Waals surface area contributed by atoms with Gasteiger partial charge in [-0.2, -0.15) is 9.40 Å². The molecule has 0 amide bonds. The van der Waals surface area contributed by atoms with E-state index >= 15 is 0 Å². The first kappa shape index (κ1) is 19.0. The number of hydrogen-bond acceptors (Lipinski definition) is 4. The molecule has 0 fully saturated rings. The predicted molar refractivity (Wildman–Crippen MR) is 94.6 cm³/mol. The lowest BCUT2D eigenvalue weighted by Gasteiger charge is -2.31. The van der Waals surface area contributed by atoms with Gasteiger partial charge in [0.15, 0.2) is 0 Å². The highest BCUT2D eigenvalue weighted by molar-refractivity contribution is 9.10. The molecule has 0 radical (unpaired) electrons. The molecule has 1 atom stereocenters. The molecule has 0 spiro atoms. The zero-order valence-corrected chi connectivity index (χ0v) is 16.3. The Labute approximate surface area is 158 Å². The van der Waals surface area contributed by atoms with Gasteiger partial charge in [-0.05, 0) is 37.5 Å². The van der Waals surface area contributed by atoms with E-state index in [9.17, 15) is 17.6 Å². The monoisotopic (exact) mass is 445 g/mol. The average molecular weight is 446 g/mol. The van der Waals surface area contributed by atoms with Gasteiger partial charge in [0.05, 0.1) is 12.2 Å². The summed E-state index contributed by atoms with van der Waals surface area (Å²) in [5, 5.41) is 13.1. The Hall–Kier alpha value is -1.78. The second-order valence-corrected chi connectivity index (χ2v) is 8.98. The minimum atomic E-state index is -4.06. The van der Waals surface area contributed by atoms with E-state index in [-0.39, 0.29) is 6.54 Å². The fourth-order valence-electron chi connectivity index (χ4n) is 3.24. The molecule has 26 heavy (non-hydrogen) atoms. The molecule has 1 N–H and O–H groups in total. The van der Waals surface area contributed by atoms with Crippen LogP contribution < -0.4 is 0 Å². The molecule has 3 rings (SSSR count). The minimum Gasteiger partial charge on any atom is -0.480 e. The molecule has 0 unspecified atom stereocenters. The van der Waals surface area contributed by atoms with Crippen LogP contribution in [0.1, 0.15) is 30.1 Å². The number of halogens is 2. The number of nitrogens with zero attached hydrogens (tertiary/aromatic N) is 3. The summed E-state index contributed by atoms with van der Waals surface area (Å²) in [6, 6.07) is 3.29. The number of aromatic nitrogens is 2. The number of aliphatic carboxylic acids is 1. The van der Waals surface area contributed by atoms with Crippen molar-refractivity contribution in [2.24, 2.45) is 0 Å². The molecular weight excluding hydrogens is 429 g/mol. The van der Waals surface area contributed by atoms with Gasteiger partial charge >= 0.3 is 5.97 Å². The second-order valence-electron chi connectivity index (χ2n) is 6.10. The zero-order chi connectivity index (χ0) is 19.1. The van der Waals surface area contributed by atoms with Crippen molar-refractivity contribution in [3.05, 3.63) is 45.9 Å². The van der Waals surface area contributed by atoms with Crippen molar-refractivity contribution in [1.82, 2.24) is 14.1 Å². The molecular formula is C16H17BrFN3O4S. The van der Waals surface area contributed by atoms with E-state index in [1.165, 1.54) is 30.1 Å². The van der Waals surface area contributed by atoms with Crippen LogP contribution in [-0.4, -0.2) is 40.6 Å². The van der Waals surface area contributed by atoms with Gasteiger partial charge in [-0.25, -0.2) is 12.8 Å². The first-order chi connectivity index (χ1) is 12.2. The SMILES string of the molecule is CN([C@@H]1CCCc2c1cnn2CC(=O)O)S(=O)(=O)c1ccc(Br)cc1F. The predicted octanol–water partition coefficient (Wildman–Crippen LogP) is 2.57. The van der Waals surface area contributed by atoms with Crippen molar-refractivity contribution in [1.29, 1.82) is 0 Å². The van der Waals surface area contributed by atoms with Gasteiger partial charge < -0.3 is 5.11 Å². The van der Waals surface area contributed by atoms with E-state index < -0.39 is 32.7 Å². The Bertz CT molecular complexity index is 960. The van der Waals surface area contributed by atoms with Gasteiger partial charge in [0.25, 0.3) is 0 Å². The number of carboxylic acid groups (broad SMARTS) is 1. The molecule has 1 heterocycles. The van der Waals surface area contributed by atoms with Crippen molar-refractivity contribution in [2.45, 2.75) is 36.7 Å². The van der Waals surface area contributed by atoms with Crippen LogP contribution in [0.2, 0.25) is 0 Å². The molecule has 2 aromatic rings. The number of carboxylic acids is 1. The van der Waals surface area contributed by atoms with Crippen molar-refractivity contribution < 1.29 is 22.7 Å². The van der Waals surface area contributed by atoms with E-state index in [0.717, 1.165) is 10.4 Å². The third-order valence-electron chi connectivity index (χ3n) is 4.51. The van der Waals surface area contributed by atoms with Gasteiger partial charge in [-0.3, -0.25) is 9.48 Å². The molecule has 0 saturated carbocycles. The molecule has 1 aromatic heterocycles. The zero-order valence-electron chi connectivity index (χ0n) is 13.9. The van der Waals surface area contributed by atoms with Gasteiger partial charge in [0.1, 0.15) is 17.3 Å². The highest BCUT2D eigenvalue weighted by atomic mass is 79.9. The van der Waals surface area contributed by atoms with E-state index in [1.807, 2.05) is 0 Å². The number of hydrogen-bond donors (Lipinski definition) is 1. The summed E-state index contributed by atoms with van der Waals surface area (Å²) >= 11 is 3.11. The van der Waals surface area contributed by atoms with Gasteiger partial charge in [-0.1, -0.05) is 15.9 Å². The number of rotatable bonds is 5. The summed E-state index contributed by atoms with van der Waals surface area (Å²) in [7, 11) is -2.65. The van der Waals surface area contributed by atoms with Crippen LogP contribution in [0.3, 0.4) is 0 Å². The summed E-state index contributed by atoms with van der Waals surface area (Å²) < 4.78 is 43.0. The first-order valence-electron chi connectivity index (χ1n) is 7.91. The molecule has 10 heteroatoms. The highest BCUT2D eigenvalue weighted by Crippen LogP contribution is 2.37. The van der Waals surface area contributed by atoms with Crippen LogP contribution in [0, 0.1) is 5.82 Å². The maximum Gasteiger partial charge on any atom is 0.325 e. The standard InChI is InChI=1S/C16H17BrFN3O4S/c1-20(26(24,25)15-6-5-10(17)7-12(15)18)13-3-2-4-14-11(13)8-19-21(14)9-16(22)23/h5-8,13H,2-4,9H2,1H3,(H,22,23)/t13-/m1/s1. The van der Waals surface area contributed by atoms with Crippen molar-refractivity contribution in [2.75, 3.05) is 7.05 Å². The van der Waals surface area contributed by atoms with Crippen LogP contribution in [0.15, 0.2) is 33.8 Å². The van der Waals surface area contributed by atoms with Crippen LogP contribution in [0.5, 0.6) is 0 Å². The maximum atomic E-state index is 14.2. The maximum absolute atomic E-state index is 14.2. The molecule has 1 aromatic carbocycles. The molecule has 140 valence electrons. The van der Waals surface area contributed by atoms with E-state index in [2.05, 4.69) is 21.0 Å². The average Bonchev–Trinajstić information content (AvgIpc) is 2.96. The van der Waals surface area contributed by atoms with Crippen molar-refractivity contribution >= 4 is 31.9 Å². The molecule has 0 bridgehead atoms. The molecule has 7 nitrogen and oxygen atoms in total. The fourth-order valence-corrected chi connectivity index (χ4v) is 4.99. The third-order valence-corrected chi connectivity index (χ3v) is 6.90. The van der Waals surface area contributed by atoms with E-state index in [4.69, 9.17) is 5.11 Å². The second kappa shape index (κ2) is 7.09. The first-order valence-corrected chi connectivity index (χ1v) is 10.1. The number of fused-ring (bicyclic) bond motifs is 1. The van der Waals surface area contributed by atoms with E-state index in [0.29, 0.717) is 35.0 Å². The van der Waals surface area contributed by atoms with Crippen LogP contribution in [0.25, 0.3) is 0 Å². The Kier molecular flexibility index (Phi) is 5.18. The van der Waals surface area contributed by atoms with E-state index in [1.54, 1.807) is 0 Å². The summed E-state index contributed by atoms with van der Waals surface area (Å²) in [5.41, 5.74) is 1.38. The molecule has 0 saturated heterocycles. The molecule has 1 aliphatic carbocycles. The normalized spacial score (nSPS) is 17.3. The lowest BCUT2D eigenvalue weighted by molar-refractivity contribution is -0.137. The Morgan fingerprint density at radius 3 is 2.88 bits per heavy atom. The van der Waals surface area contributed by atoms with Crippen LogP contribution >= 0.6 is 15.9 Å². The summed E-state index contributed by atoms with van der Waals surface area (Å²) in [6.45, 7) is -0.278. The lowest BCUT2D eigenvalue weighted by atomic mass is 9.93. The largest absolute Gasteiger partial charge is 0.480 e. The quantitative estimate of drug-likeness (QED) is 0.763. The smallest absolute Gasteiger partial charge is 0.325 e. The Morgan fingerprint density at radius 1 is 1.50 bits per heavy atom. The summed E-state index contributed by atoms with van der Waals surface area (Å²) in [6.07, 6.45) is 3.37. The van der Waals surface area contributed by atoms with Crippen molar-refractivity contribution in [3.63, 3.8) is 0 Å². The Morgan fingerprint density at radius 2 is 2.23 bits per heavy atom. The minimum absolute atomic E-state index is 0.278. The summed E-state index contributed by atoms with van der Waals surface area (Å²) in [5.74, 6) is -1.85. The third kappa shape index (κ3) is 3.40.